The summed E-state index contributed by atoms with van der Waals surface area (Å²) >= 11 is 6.79. The molecule has 2 aromatic rings. The zero-order valence-corrected chi connectivity index (χ0v) is 14.0. The number of hydrogen-bond acceptors (Lipinski definition) is 3. The van der Waals surface area contributed by atoms with E-state index in [1.54, 1.807) is 18.3 Å². The van der Waals surface area contributed by atoms with Crippen LogP contribution in [0.1, 0.15) is 12.6 Å². The van der Waals surface area contributed by atoms with Gasteiger partial charge >= 0.3 is 0 Å². The van der Waals surface area contributed by atoms with Crippen molar-refractivity contribution in [3.63, 3.8) is 0 Å². The lowest BCUT2D eigenvalue weighted by atomic mass is 10.2. The third-order valence-electron chi connectivity index (χ3n) is 2.58. The van der Waals surface area contributed by atoms with Gasteiger partial charge in [-0.15, -0.1) is 0 Å². The van der Waals surface area contributed by atoms with E-state index in [-0.39, 0.29) is 11.6 Å². The predicted octanol–water partition coefficient (Wildman–Crippen LogP) is 4.76. The van der Waals surface area contributed by atoms with Crippen LogP contribution >= 0.6 is 31.9 Å². The number of benzene rings is 1. The topological polar surface area (TPSA) is 34.1 Å². The first-order valence-electron chi connectivity index (χ1n) is 6.06. The molecule has 0 aliphatic heterocycles. The highest BCUT2D eigenvalue weighted by Gasteiger charge is 2.06. The Bertz CT molecular complexity index is 608. The molecule has 0 saturated heterocycles. The highest BCUT2D eigenvalue weighted by molar-refractivity contribution is 9.11. The minimum Gasteiger partial charge on any atom is -0.491 e. The van der Waals surface area contributed by atoms with Crippen molar-refractivity contribution in [2.45, 2.75) is 13.5 Å². The summed E-state index contributed by atoms with van der Waals surface area (Å²) in [4.78, 5) is 4.29. The van der Waals surface area contributed by atoms with Crippen molar-refractivity contribution in [2.75, 3.05) is 11.9 Å². The fourth-order valence-electron chi connectivity index (χ4n) is 1.64. The highest BCUT2D eigenvalue weighted by Crippen LogP contribution is 2.23. The van der Waals surface area contributed by atoms with E-state index in [4.69, 9.17) is 4.74 Å². The number of pyridine rings is 1. The predicted molar refractivity (Wildman–Crippen MR) is 84.5 cm³/mol. The Morgan fingerprint density at radius 3 is 2.75 bits per heavy atom. The molecule has 0 radical (unpaired) electrons. The normalized spacial score (nSPS) is 10.4. The Morgan fingerprint density at radius 1 is 1.30 bits per heavy atom. The van der Waals surface area contributed by atoms with E-state index in [2.05, 4.69) is 42.2 Å². The summed E-state index contributed by atoms with van der Waals surface area (Å²) in [5, 5.41) is 3.13. The average Bonchev–Trinajstić information content (AvgIpc) is 2.41. The number of ether oxygens (including phenoxy) is 1. The third-order valence-corrected chi connectivity index (χ3v) is 3.70. The van der Waals surface area contributed by atoms with Crippen LogP contribution in [0.5, 0.6) is 5.75 Å². The van der Waals surface area contributed by atoms with Crippen molar-refractivity contribution in [1.82, 2.24) is 4.98 Å². The number of halogens is 3. The van der Waals surface area contributed by atoms with Crippen molar-refractivity contribution < 1.29 is 9.13 Å². The van der Waals surface area contributed by atoms with Gasteiger partial charge in [-0.05, 0) is 57.0 Å². The molecule has 1 aromatic heterocycles. The molecule has 0 saturated carbocycles. The summed E-state index contributed by atoms with van der Waals surface area (Å²) in [6, 6.07) is 6.73. The lowest BCUT2D eigenvalue weighted by Crippen LogP contribution is -2.03. The van der Waals surface area contributed by atoms with E-state index in [0.29, 0.717) is 18.8 Å². The second-order valence-corrected chi connectivity index (χ2v) is 5.78. The van der Waals surface area contributed by atoms with E-state index in [9.17, 15) is 4.39 Å². The molecule has 106 valence electrons. The average molecular weight is 404 g/mol. The van der Waals surface area contributed by atoms with Gasteiger partial charge in [0.2, 0.25) is 0 Å². The monoisotopic (exact) mass is 402 g/mol. The second kappa shape index (κ2) is 7.04. The van der Waals surface area contributed by atoms with Crippen molar-refractivity contribution in [2.24, 2.45) is 0 Å². The molecule has 0 aliphatic rings. The smallest absolute Gasteiger partial charge is 0.167 e. The molecule has 2 rings (SSSR count). The zero-order chi connectivity index (χ0) is 14.5. The molecule has 0 aliphatic carbocycles. The van der Waals surface area contributed by atoms with E-state index in [0.717, 1.165) is 14.6 Å². The molecule has 1 aromatic carbocycles. The molecule has 1 heterocycles. The summed E-state index contributed by atoms with van der Waals surface area (Å²) in [6.45, 7) is 2.77. The Morgan fingerprint density at radius 2 is 2.10 bits per heavy atom. The van der Waals surface area contributed by atoms with Gasteiger partial charge in [0.25, 0.3) is 0 Å². The molecule has 0 amide bonds. The van der Waals surface area contributed by atoms with Crippen molar-refractivity contribution in [3.8, 4) is 5.75 Å². The fourth-order valence-corrected chi connectivity index (χ4v) is 2.77. The molecule has 0 bridgehead atoms. The standard InChI is InChI=1S/C14H13Br2FN2O/c1-2-20-14-4-3-10(6-12(14)17)18-8-13-11(16)5-9(15)7-19-13/h3-7,18H,2,8H2,1H3. The van der Waals surface area contributed by atoms with Gasteiger partial charge < -0.3 is 10.1 Å². The number of nitrogens with one attached hydrogen (secondary N) is 1. The van der Waals surface area contributed by atoms with Crippen LogP contribution in [0.3, 0.4) is 0 Å². The Balaban J connectivity index is 2.05. The Hall–Kier alpha value is -1.14. The molecular weight excluding hydrogens is 391 g/mol. The first kappa shape index (κ1) is 15.3. The van der Waals surface area contributed by atoms with Gasteiger partial charge in [-0.3, -0.25) is 4.98 Å². The maximum absolute atomic E-state index is 13.7. The molecule has 3 nitrogen and oxygen atoms in total. The van der Waals surface area contributed by atoms with Crippen LogP contribution in [0.25, 0.3) is 0 Å². The molecule has 0 fully saturated rings. The molecule has 1 N–H and O–H groups in total. The number of rotatable bonds is 5. The summed E-state index contributed by atoms with van der Waals surface area (Å²) in [5.74, 6) is -0.110. The minimum absolute atomic E-state index is 0.265. The van der Waals surface area contributed by atoms with Gasteiger partial charge in [-0.1, -0.05) is 0 Å². The summed E-state index contributed by atoms with van der Waals surface area (Å²) in [7, 11) is 0. The van der Waals surface area contributed by atoms with E-state index in [1.165, 1.54) is 6.07 Å². The molecule has 0 atom stereocenters. The van der Waals surface area contributed by atoms with Crippen LogP contribution in [0.2, 0.25) is 0 Å². The van der Waals surface area contributed by atoms with Crippen molar-refractivity contribution >= 4 is 37.5 Å². The van der Waals surface area contributed by atoms with Crippen LogP contribution in [0.15, 0.2) is 39.4 Å². The van der Waals surface area contributed by atoms with E-state index >= 15 is 0 Å². The first-order valence-corrected chi connectivity index (χ1v) is 7.65. The number of anilines is 1. The summed E-state index contributed by atoms with van der Waals surface area (Å²) < 4.78 is 20.7. The lowest BCUT2D eigenvalue weighted by Gasteiger charge is -2.10. The SMILES string of the molecule is CCOc1ccc(NCc2ncc(Br)cc2Br)cc1F. The summed E-state index contributed by atoms with van der Waals surface area (Å²) in [5.41, 5.74) is 1.53. The van der Waals surface area contributed by atoms with Crippen LogP contribution in [-0.2, 0) is 6.54 Å². The fraction of sp³-hybridized carbons (Fsp3) is 0.214. The van der Waals surface area contributed by atoms with Gasteiger partial charge in [-0.25, -0.2) is 4.39 Å². The molecule has 0 unspecified atom stereocenters. The maximum Gasteiger partial charge on any atom is 0.167 e. The highest BCUT2D eigenvalue weighted by atomic mass is 79.9. The molecule has 6 heteroatoms. The third kappa shape index (κ3) is 3.93. The van der Waals surface area contributed by atoms with Gasteiger partial charge in [0.05, 0.1) is 18.8 Å². The molecule has 0 spiro atoms. The van der Waals surface area contributed by atoms with Crippen molar-refractivity contribution in [1.29, 1.82) is 0 Å². The first-order chi connectivity index (χ1) is 9.60. The zero-order valence-electron chi connectivity index (χ0n) is 10.8. The second-order valence-electron chi connectivity index (χ2n) is 4.01. The van der Waals surface area contributed by atoms with Gasteiger partial charge in [0, 0.05) is 26.9 Å². The number of nitrogens with zero attached hydrogens (tertiary/aromatic N) is 1. The quantitative estimate of drug-likeness (QED) is 0.781. The summed E-state index contributed by atoms with van der Waals surface area (Å²) in [6.07, 6.45) is 1.72. The van der Waals surface area contributed by atoms with Crippen LogP contribution in [0, 0.1) is 5.82 Å². The number of aromatic nitrogens is 1. The maximum atomic E-state index is 13.7. The van der Waals surface area contributed by atoms with Gasteiger partial charge in [0.15, 0.2) is 11.6 Å². The largest absolute Gasteiger partial charge is 0.491 e. The van der Waals surface area contributed by atoms with Gasteiger partial charge in [-0.2, -0.15) is 0 Å². The van der Waals surface area contributed by atoms with Crippen LogP contribution in [0.4, 0.5) is 10.1 Å². The molecular formula is C14H13Br2FN2O. The van der Waals surface area contributed by atoms with E-state index in [1.807, 2.05) is 13.0 Å². The Labute approximate surface area is 133 Å². The van der Waals surface area contributed by atoms with Crippen LogP contribution < -0.4 is 10.1 Å². The van der Waals surface area contributed by atoms with Crippen LogP contribution in [-0.4, -0.2) is 11.6 Å². The van der Waals surface area contributed by atoms with Gasteiger partial charge in [0.1, 0.15) is 0 Å². The minimum atomic E-state index is -0.375. The lowest BCUT2D eigenvalue weighted by molar-refractivity contribution is 0.321. The van der Waals surface area contributed by atoms with E-state index < -0.39 is 0 Å². The number of hydrogen-bond donors (Lipinski definition) is 1. The molecule has 20 heavy (non-hydrogen) atoms. The van der Waals surface area contributed by atoms with Crippen molar-refractivity contribution in [3.05, 3.63) is 50.9 Å². The Kier molecular flexibility index (Phi) is 5.37.